The Morgan fingerprint density at radius 1 is 1.10 bits per heavy atom. The van der Waals surface area contributed by atoms with E-state index in [-0.39, 0.29) is 0 Å². The molecule has 1 N–H and O–H groups in total. The number of carboxylic acid groups (broad SMARTS) is 1. The molecule has 0 fully saturated rings. The van der Waals surface area contributed by atoms with E-state index in [0.29, 0.717) is 5.56 Å². The van der Waals surface area contributed by atoms with Crippen LogP contribution in [0.15, 0.2) is 54.9 Å². The van der Waals surface area contributed by atoms with E-state index in [1.165, 1.54) is 0 Å². The van der Waals surface area contributed by atoms with Crippen LogP contribution in [0.2, 0.25) is 0 Å². The largest absolute Gasteiger partial charge is 0.478 e. The Balaban J connectivity index is 2.27. The average molecular weight is 263 g/mol. The molecule has 1 heterocycles. The second-order valence-corrected chi connectivity index (χ2v) is 4.74. The minimum absolute atomic E-state index is 0.297. The van der Waals surface area contributed by atoms with E-state index in [0.717, 1.165) is 27.5 Å². The molecule has 0 aliphatic carbocycles. The van der Waals surface area contributed by atoms with Crippen molar-refractivity contribution in [3.63, 3.8) is 0 Å². The van der Waals surface area contributed by atoms with Gasteiger partial charge in [-0.25, -0.2) is 4.79 Å². The van der Waals surface area contributed by atoms with Crippen LogP contribution in [0.1, 0.15) is 15.9 Å². The summed E-state index contributed by atoms with van der Waals surface area (Å²) < 4.78 is 0. The zero-order valence-electron chi connectivity index (χ0n) is 11.0. The highest BCUT2D eigenvalue weighted by Crippen LogP contribution is 2.30. The van der Waals surface area contributed by atoms with E-state index >= 15 is 0 Å². The normalized spacial score (nSPS) is 10.7. The Labute approximate surface area is 116 Å². The molecule has 0 amide bonds. The number of nitrogens with zero attached hydrogens (tertiary/aromatic N) is 1. The van der Waals surface area contributed by atoms with Crippen LogP contribution in [0.25, 0.3) is 21.9 Å². The fourth-order valence-corrected chi connectivity index (χ4v) is 2.40. The van der Waals surface area contributed by atoms with Crippen LogP contribution in [-0.4, -0.2) is 16.1 Å². The number of aromatic carboxylic acids is 1. The summed E-state index contributed by atoms with van der Waals surface area (Å²) in [6, 6.07) is 13.0. The van der Waals surface area contributed by atoms with Crippen molar-refractivity contribution < 1.29 is 9.90 Å². The molecule has 1 aromatic heterocycles. The van der Waals surface area contributed by atoms with Gasteiger partial charge in [-0.1, -0.05) is 24.3 Å². The Bertz CT molecular complexity index is 809. The highest BCUT2D eigenvalue weighted by Gasteiger charge is 2.08. The fourth-order valence-electron chi connectivity index (χ4n) is 2.40. The molecule has 0 bridgehead atoms. The molecule has 0 aliphatic rings. The molecule has 0 saturated heterocycles. The highest BCUT2D eigenvalue weighted by atomic mass is 16.4. The third kappa shape index (κ3) is 2.03. The molecule has 3 nitrogen and oxygen atoms in total. The number of carbonyl (C=O) groups is 1. The van der Waals surface area contributed by atoms with Crippen LogP contribution in [0.4, 0.5) is 0 Å². The van der Waals surface area contributed by atoms with Crippen molar-refractivity contribution in [3.8, 4) is 11.1 Å². The summed E-state index contributed by atoms with van der Waals surface area (Å²) in [4.78, 5) is 15.3. The van der Waals surface area contributed by atoms with E-state index in [1.807, 2.05) is 37.4 Å². The molecular formula is C17H13NO2. The number of aromatic nitrogens is 1. The first-order chi connectivity index (χ1) is 9.66. The number of carboxylic acids is 1. The summed E-state index contributed by atoms with van der Waals surface area (Å²) in [7, 11) is 0. The summed E-state index contributed by atoms with van der Waals surface area (Å²) in [5.74, 6) is -0.912. The number of hydrogen-bond donors (Lipinski definition) is 1. The predicted octanol–water partition coefficient (Wildman–Crippen LogP) is 3.91. The predicted molar refractivity (Wildman–Crippen MR) is 78.9 cm³/mol. The molecule has 0 unspecified atom stereocenters. The van der Waals surface area contributed by atoms with E-state index in [4.69, 9.17) is 5.11 Å². The first-order valence-corrected chi connectivity index (χ1v) is 6.34. The van der Waals surface area contributed by atoms with Crippen LogP contribution >= 0.6 is 0 Å². The Hall–Kier alpha value is -2.68. The molecule has 2 aromatic carbocycles. The molecule has 3 rings (SSSR count). The lowest BCUT2D eigenvalue weighted by atomic mass is 9.96. The molecule has 0 atom stereocenters. The maximum absolute atomic E-state index is 11.1. The molecule has 0 spiro atoms. The van der Waals surface area contributed by atoms with Crippen molar-refractivity contribution in [2.24, 2.45) is 0 Å². The zero-order chi connectivity index (χ0) is 14.1. The van der Waals surface area contributed by atoms with E-state index in [9.17, 15) is 4.79 Å². The molecule has 20 heavy (non-hydrogen) atoms. The summed E-state index contributed by atoms with van der Waals surface area (Å²) in [5, 5.41) is 11.3. The average Bonchev–Trinajstić information content (AvgIpc) is 2.48. The van der Waals surface area contributed by atoms with Crippen molar-refractivity contribution in [2.75, 3.05) is 0 Å². The van der Waals surface area contributed by atoms with Gasteiger partial charge in [0.05, 0.1) is 5.56 Å². The molecule has 3 heteroatoms. The standard InChI is InChI=1S/C17H13NO2/c1-11-5-6-14(15-7-8-18-10-16(11)15)12-3-2-4-13(9-12)17(19)20/h2-10H,1H3,(H,19,20). The quantitative estimate of drug-likeness (QED) is 0.762. The van der Waals surface area contributed by atoms with Crippen LogP contribution in [0.3, 0.4) is 0 Å². The van der Waals surface area contributed by atoms with Gasteiger partial charge in [0, 0.05) is 17.8 Å². The highest BCUT2D eigenvalue weighted by molar-refractivity contribution is 5.99. The second-order valence-electron chi connectivity index (χ2n) is 4.74. The lowest BCUT2D eigenvalue weighted by Crippen LogP contribution is -1.96. The van der Waals surface area contributed by atoms with Crippen LogP contribution in [-0.2, 0) is 0 Å². The third-order valence-electron chi connectivity index (χ3n) is 3.46. The van der Waals surface area contributed by atoms with Crippen LogP contribution in [0.5, 0.6) is 0 Å². The third-order valence-corrected chi connectivity index (χ3v) is 3.46. The van der Waals surface area contributed by atoms with Gasteiger partial charge >= 0.3 is 5.97 Å². The van der Waals surface area contributed by atoms with Crippen molar-refractivity contribution in [1.82, 2.24) is 4.98 Å². The van der Waals surface area contributed by atoms with Crippen LogP contribution < -0.4 is 0 Å². The monoisotopic (exact) mass is 263 g/mol. The first kappa shape index (κ1) is 12.4. The summed E-state index contributed by atoms with van der Waals surface area (Å²) in [5.41, 5.74) is 3.38. The number of pyridine rings is 1. The summed E-state index contributed by atoms with van der Waals surface area (Å²) in [6.07, 6.45) is 3.60. The zero-order valence-corrected chi connectivity index (χ0v) is 11.0. The number of aryl methyl sites for hydroxylation is 1. The second kappa shape index (κ2) is 4.78. The van der Waals surface area contributed by atoms with E-state index in [1.54, 1.807) is 24.4 Å². The van der Waals surface area contributed by atoms with Gasteiger partial charge in [-0.15, -0.1) is 0 Å². The lowest BCUT2D eigenvalue weighted by Gasteiger charge is -2.09. The van der Waals surface area contributed by atoms with Gasteiger partial charge in [0.15, 0.2) is 0 Å². The van der Waals surface area contributed by atoms with Gasteiger partial charge < -0.3 is 5.11 Å². The van der Waals surface area contributed by atoms with Crippen LogP contribution in [0, 0.1) is 6.92 Å². The Morgan fingerprint density at radius 2 is 1.95 bits per heavy atom. The molecule has 0 aliphatic heterocycles. The molecule has 0 saturated carbocycles. The molecule has 0 radical (unpaired) electrons. The minimum Gasteiger partial charge on any atom is -0.478 e. The minimum atomic E-state index is -0.912. The number of fused-ring (bicyclic) bond motifs is 1. The van der Waals surface area contributed by atoms with Gasteiger partial charge in [0.25, 0.3) is 0 Å². The number of rotatable bonds is 2. The van der Waals surface area contributed by atoms with E-state index < -0.39 is 5.97 Å². The van der Waals surface area contributed by atoms with Crippen molar-refractivity contribution >= 4 is 16.7 Å². The summed E-state index contributed by atoms with van der Waals surface area (Å²) in [6.45, 7) is 2.04. The molecule has 98 valence electrons. The van der Waals surface area contributed by atoms with Gasteiger partial charge in [0.1, 0.15) is 0 Å². The Morgan fingerprint density at radius 3 is 2.75 bits per heavy atom. The first-order valence-electron chi connectivity index (χ1n) is 6.34. The smallest absolute Gasteiger partial charge is 0.335 e. The maximum atomic E-state index is 11.1. The van der Waals surface area contributed by atoms with Gasteiger partial charge in [-0.05, 0) is 47.2 Å². The SMILES string of the molecule is Cc1ccc(-c2cccc(C(=O)O)c2)c2ccncc12. The van der Waals surface area contributed by atoms with Crippen molar-refractivity contribution in [3.05, 3.63) is 66.0 Å². The maximum Gasteiger partial charge on any atom is 0.335 e. The molecule has 3 aromatic rings. The van der Waals surface area contributed by atoms with Gasteiger partial charge in [-0.3, -0.25) is 4.98 Å². The van der Waals surface area contributed by atoms with Gasteiger partial charge in [-0.2, -0.15) is 0 Å². The van der Waals surface area contributed by atoms with E-state index in [2.05, 4.69) is 4.98 Å². The lowest BCUT2D eigenvalue weighted by molar-refractivity contribution is 0.0697. The number of benzene rings is 2. The Kier molecular flexibility index (Phi) is 2.95. The van der Waals surface area contributed by atoms with Gasteiger partial charge in [0.2, 0.25) is 0 Å². The van der Waals surface area contributed by atoms with Crippen molar-refractivity contribution in [2.45, 2.75) is 6.92 Å². The van der Waals surface area contributed by atoms with Crippen molar-refractivity contribution in [1.29, 1.82) is 0 Å². The summed E-state index contributed by atoms with van der Waals surface area (Å²) >= 11 is 0. The topological polar surface area (TPSA) is 50.2 Å². The fraction of sp³-hybridized carbons (Fsp3) is 0.0588. The number of hydrogen-bond acceptors (Lipinski definition) is 2. The molecular weight excluding hydrogens is 250 g/mol.